The van der Waals surface area contributed by atoms with Crippen molar-refractivity contribution >= 4 is 17.5 Å². The summed E-state index contributed by atoms with van der Waals surface area (Å²) in [5, 5.41) is 6.61. The van der Waals surface area contributed by atoms with Crippen LogP contribution in [0.4, 0.5) is 0 Å². The quantitative estimate of drug-likeness (QED) is 0.498. The van der Waals surface area contributed by atoms with Crippen molar-refractivity contribution in [3.63, 3.8) is 0 Å². The number of aliphatic imine (C=N–C) groups is 1. The molecule has 3 aromatic rings. The molecule has 0 aliphatic rings. The molecule has 3 rings (SSSR count). The zero-order chi connectivity index (χ0) is 20.8. The van der Waals surface area contributed by atoms with E-state index < -0.39 is 0 Å². The molecule has 1 amide bonds. The number of carbonyl (C=O) groups excluding carboxylic acids is 1. The molecule has 2 aromatic heterocycles. The smallest absolute Gasteiger partial charge is 0.253 e. The minimum absolute atomic E-state index is 0.0139. The van der Waals surface area contributed by atoms with E-state index in [2.05, 4.69) is 38.0 Å². The third-order valence-electron chi connectivity index (χ3n) is 4.69. The SMILES string of the molecule is CN=C(NCCc1cccc(C(=O)N(C)C)c1)NCc1cn2c(C)cccc2n1. The lowest BCUT2D eigenvalue weighted by Crippen LogP contribution is -2.37. The summed E-state index contributed by atoms with van der Waals surface area (Å²) in [5.41, 5.74) is 4.86. The van der Waals surface area contributed by atoms with Gasteiger partial charge in [0.15, 0.2) is 5.96 Å². The van der Waals surface area contributed by atoms with Crippen molar-refractivity contribution in [3.8, 4) is 0 Å². The Bertz CT molecular complexity index is 1020. The Hall–Kier alpha value is -3.35. The van der Waals surface area contributed by atoms with Gasteiger partial charge in [-0.15, -0.1) is 0 Å². The number of carbonyl (C=O) groups is 1. The second-order valence-corrected chi connectivity index (χ2v) is 7.13. The van der Waals surface area contributed by atoms with Crippen LogP contribution < -0.4 is 10.6 Å². The number of nitrogens with one attached hydrogen (secondary N) is 2. The number of guanidine groups is 1. The van der Waals surface area contributed by atoms with Gasteiger partial charge in [0.05, 0.1) is 12.2 Å². The van der Waals surface area contributed by atoms with Gasteiger partial charge in [0.2, 0.25) is 0 Å². The maximum absolute atomic E-state index is 12.1. The van der Waals surface area contributed by atoms with Gasteiger partial charge in [0.25, 0.3) is 5.91 Å². The van der Waals surface area contributed by atoms with Crippen LogP contribution >= 0.6 is 0 Å². The predicted molar refractivity (Wildman–Crippen MR) is 116 cm³/mol. The number of nitrogens with zero attached hydrogens (tertiary/aromatic N) is 4. The number of rotatable bonds is 6. The number of fused-ring (bicyclic) bond motifs is 1. The Morgan fingerprint density at radius 2 is 1.97 bits per heavy atom. The lowest BCUT2D eigenvalue weighted by Gasteiger charge is -2.13. The fraction of sp³-hybridized carbons (Fsp3) is 0.318. The summed E-state index contributed by atoms with van der Waals surface area (Å²) in [7, 11) is 5.27. The van der Waals surface area contributed by atoms with Crippen LogP contribution in [0.5, 0.6) is 0 Å². The first-order chi connectivity index (χ1) is 14.0. The lowest BCUT2D eigenvalue weighted by atomic mass is 10.1. The normalized spacial score (nSPS) is 11.5. The maximum atomic E-state index is 12.1. The van der Waals surface area contributed by atoms with Gasteiger partial charge in [-0.05, 0) is 43.2 Å². The largest absolute Gasteiger partial charge is 0.356 e. The van der Waals surface area contributed by atoms with Crippen molar-refractivity contribution in [2.24, 2.45) is 4.99 Å². The van der Waals surface area contributed by atoms with Gasteiger partial charge in [-0.3, -0.25) is 9.79 Å². The Labute approximate surface area is 171 Å². The van der Waals surface area contributed by atoms with Crippen molar-refractivity contribution in [1.82, 2.24) is 24.9 Å². The zero-order valence-electron chi connectivity index (χ0n) is 17.4. The van der Waals surface area contributed by atoms with Gasteiger partial charge in [-0.1, -0.05) is 18.2 Å². The van der Waals surface area contributed by atoms with Crippen LogP contribution in [0.1, 0.15) is 27.3 Å². The van der Waals surface area contributed by atoms with E-state index >= 15 is 0 Å². The first-order valence-electron chi connectivity index (χ1n) is 9.66. The Balaban J connectivity index is 1.52. The van der Waals surface area contributed by atoms with E-state index in [0.717, 1.165) is 35.0 Å². The molecule has 0 atom stereocenters. The molecule has 2 heterocycles. The summed E-state index contributed by atoms with van der Waals surface area (Å²) < 4.78 is 2.08. The van der Waals surface area contributed by atoms with E-state index in [9.17, 15) is 4.79 Å². The van der Waals surface area contributed by atoms with Crippen molar-refractivity contribution in [3.05, 3.63) is 71.2 Å². The van der Waals surface area contributed by atoms with Gasteiger partial charge in [0.1, 0.15) is 5.65 Å². The third-order valence-corrected chi connectivity index (χ3v) is 4.69. The van der Waals surface area contributed by atoms with Crippen LogP contribution in [-0.4, -0.2) is 53.8 Å². The molecule has 0 unspecified atom stereocenters. The highest BCUT2D eigenvalue weighted by atomic mass is 16.2. The number of hydrogen-bond acceptors (Lipinski definition) is 3. The second kappa shape index (κ2) is 9.23. The van der Waals surface area contributed by atoms with Gasteiger partial charge in [-0.25, -0.2) is 4.98 Å². The first kappa shape index (κ1) is 20.4. The number of hydrogen-bond donors (Lipinski definition) is 2. The molecular formula is C22H28N6O. The fourth-order valence-electron chi connectivity index (χ4n) is 3.12. The van der Waals surface area contributed by atoms with Crippen molar-refractivity contribution in [2.45, 2.75) is 19.9 Å². The van der Waals surface area contributed by atoms with Crippen molar-refractivity contribution in [1.29, 1.82) is 0 Å². The van der Waals surface area contributed by atoms with E-state index in [1.807, 2.05) is 42.6 Å². The van der Waals surface area contributed by atoms with E-state index in [-0.39, 0.29) is 5.91 Å². The van der Waals surface area contributed by atoms with Crippen LogP contribution in [0, 0.1) is 6.92 Å². The number of benzene rings is 1. The van der Waals surface area contributed by atoms with Crippen molar-refractivity contribution in [2.75, 3.05) is 27.7 Å². The predicted octanol–water partition coefficient (Wildman–Crippen LogP) is 2.25. The highest BCUT2D eigenvalue weighted by Crippen LogP contribution is 2.09. The monoisotopic (exact) mass is 392 g/mol. The minimum Gasteiger partial charge on any atom is -0.356 e. The lowest BCUT2D eigenvalue weighted by molar-refractivity contribution is 0.0827. The second-order valence-electron chi connectivity index (χ2n) is 7.13. The number of aryl methyl sites for hydroxylation is 1. The average molecular weight is 393 g/mol. The molecule has 1 aromatic carbocycles. The van der Waals surface area contributed by atoms with Crippen molar-refractivity contribution < 1.29 is 4.79 Å². The molecule has 29 heavy (non-hydrogen) atoms. The molecule has 7 nitrogen and oxygen atoms in total. The van der Waals surface area contributed by atoms with Crippen LogP contribution in [0.3, 0.4) is 0 Å². The molecule has 0 aliphatic carbocycles. The van der Waals surface area contributed by atoms with Crippen LogP contribution in [0.15, 0.2) is 53.7 Å². The fourth-order valence-corrected chi connectivity index (χ4v) is 3.12. The number of imidazole rings is 1. The molecule has 0 bridgehead atoms. The Kier molecular flexibility index (Phi) is 6.49. The van der Waals surface area contributed by atoms with Gasteiger partial charge in [-0.2, -0.15) is 0 Å². The molecule has 0 aliphatic heterocycles. The molecule has 152 valence electrons. The molecule has 2 N–H and O–H groups in total. The Morgan fingerprint density at radius 3 is 2.69 bits per heavy atom. The van der Waals surface area contributed by atoms with E-state index in [1.54, 1.807) is 26.0 Å². The van der Waals surface area contributed by atoms with Crippen LogP contribution in [0.2, 0.25) is 0 Å². The summed E-state index contributed by atoms with van der Waals surface area (Å²) in [4.78, 5) is 22.6. The number of amides is 1. The average Bonchev–Trinajstić information content (AvgIpc) is 3.14. The molecule has 0 saturated carbocycles. The standard InChI is InChI=1S/C22H28N6O/c1-16-7-5-10-20-26-19(15-28(16)20)14-25-22(23-2)24-12-11-17-8-6-9-18(13-17)21(29)27(3)4/h5-10,13,15H,11-12,14H2,1-4H3,(H2,23,24,25). The highest BCUT2D eigenvalue weighted by molar-refractivity contribution is 5.94. The molecule has 0 spiro atoms. The summed E-state index contributed by atoms with van der Waals surface area (Å²) >= 11 is 0. The van der Waals surface area contributed by atoms with E-state index in [4.69, 9.17) is 0 Å². The molecule has 7 heteroatoms. The van der Waals surface area contributed by atoms with Gasteiger partial charge >= 0.3 is 0 Å². The topological polar surface area (TPSA) is 74.0 Å². The van der Waals surface area contributed by atoms with Crippen LogP contribution in [-0.2, 0) is 13.0 Å². The highest BCUT2D eigenvalue weighted by Gasteiger charge is 2.08. The first-order valence-corrected chi connectivity index (χ1v) is 9.66. The van der Waals surface area contributed by atoms with E-state index in [0.29, 0.717) is 18.7 Å². The molecular weight excluding hydrogens is 364 g/mol. The number of aromatic nitrogens is 2. The molecule has 0 saturated heterocycles. The van der Waals surface area contributed by atoms with Gasteiger partial charge in [0, 0.05) is 45.1 Å². The Morgan fingerprint density at radius 1 is 1.17 bits per heavy atom. The maximum Gasteiger partial charge on any atom is 0.253 e. The summed E-state index contributed by atoms with van der Waals surface area (Å²) in [5.74, 6) is 0.735. The molecule has 0 radical (unpaired) electrons. The summed E-state index contributed by atoms with van der Waals surface area (Å²) in [6.07, 6.45) is 2.83. The van der Waals surface area contributed by atoms with E-state index in [1.165, 1.54) is 0 Å². The minimum atomic E-state index is 0.0139. The van der Waals surface area contributed by atoms with Gasteiger partial charge < -0.3 is 19.9 Å². The third kappa shape index (κ3) is 5.13. The number of pyridine rings is 1. The zero-order valence-corrected chi connectivity index (χ0v) is 17.4. The summed E-state index contributed by atoms with van der Waals surface area (Å²) in [6, 6.07) is 13.8. The summed E-state index contributed by atoms with van der Waals surface area (Å²) in [6.45, 7) is 3.37. The molecule has 0 fully saturated rings. The van der Waals surface area contributed by atoms with Crippen LogP contribution in [0.25, 0.3) is 5.65 Å².